The lowest BCUT2D eigenvalue weighted by Crippen LogP contribution is -2.53. The van der Waals surface area contributed by atoms with E-state index < -0.39 is 27.0 Å². The molecule has 180 valence electrons. The summed E-state index contributed by atoms with van der Waals surface area (Å²) < 4.78 is 34.0. The fourth-order valence-electron chi connectivity index (χ4n) is 3.48. The van der Waals surface area contributed by atoms with Gasteiger partial charge in [0.25, 0.3) is 5.69 Å². The SMILES string of the molecule is COc1cccc(CNC[C@H](NS(=O)(=O)c2ccc([N+](=O)[O-])cc2)[C@@H](N)Cc2ccccc2)c1. The summed E-state index contributed by atoms with van der Waals surface area (Å²) in [5, 5.41) is 14.2. The second-order valence-corrected chi connectivity index (χ2v) is 9.53. The molecule has 0 fully saturated rings. The number of nitrogens with one attached hydrogen (secondary N) is 2. The Morgan fingerprint density at radius 1 is 1.00 bits per heavy atom. The highest BCUT2D eigenvalue weighted by Crippen LogP contribution is 2.17. The van der Waals surface area contributed by atoms with Crippen LogP contribution in [0.5, 0.6) is 5.75 Å². The maximum absolute atomic E-state index is 13.0. The molecule has 0 unspecified atom stereocenters. The third-order valence-corrected chi connectivity index (χ3v) is 6.83. The summed E-state index contributed by atoms with van der Waals surface area (Å²) in [7, 11) is -2.36. The number of benzene rings is 3. The number of sulfonamides is 1. The number of nitro benzene ring substituents is 1. The average molecular weight is 485 g/mol. The molecule has 3 aromatic carbocycles. The van der Waals surface area contributed by atoms with Crippen LogP contribution in [0.15, 0.2) is 83.8 Å². The van der Waals surface area contributed by atoms with Crippen molar-refractivity contribution in [3.63, 3.8) is 0 Å². The Kier molecular flexibility index (Phi) is 8.72. The maximum atomic E-state index is 13.0. The molecule has 0 saturated heterocycles. The van der Waals surface area contributed by atoms with Crippen LogP contribution in [0.2, 0.25) is 0 Å². The lowest BCUT2D eigenvalue weighted by molar-refractivity contribution is -0.384. The molecule has 0 aliphatic heterocycles. The zero-order valence-corrected chi connectivity index (χ0v) is 19.6. The van der Waals surface area contributed by atoms with Gasteiger partial charge in [0.05, 0.1) is 16.9 Å². The van der Waals surface area contributed by atoms with E-state index in [1.165, 1.54) is 12.1 Å². The summed E-state index contributed by atoms with van der Waals surface area (Å²) in [6.07, 6.45) is 0.467. The van der Waals surface area contributed by atoms with Gasteiger partial charge in [0.15, 0.2) is 0 Å². The Morgan fingerprint density at radius 3 is 2.32 bits per heavy atom. The van der Waals surface area contributed by atoms with E-state index in [-0.39, 0.29) is 17.1 Å². The Hall–Kier alpha value is -3.31. The van der Waals surface area contributed by atoms with E-state index in [9.17, 15) is 18.5 Å². The number of nitro groups is 1. The molecule has 0 radical (unpaired) electrons. The Morgan fingerprint density at radius 2 is 1.68 bits per heavy atom. The number of hydrogen-bond acceptors (Lipinski definition) is 7. The van der Waals surface area contributed by atoms with Crippen LogP contribution in [0, 0.1) is 10.1 Å². The number of ether oxygens (including phenoxy) is 1. The molecular weight excluding hydrogens is 456 g/mol. The van der Waals surface area contributed by atoms with Crippen LogP contribution >= 0.6 is 0 Å². The van der Waals surface area contributed by atoms with Gasteiger partial charge < -0.3 is 15.8 Å². The Labute approximate surface area is 199 Å². The second-order valence-electron chi connectivity index (χ2n) is 7.81. The Bertz CT molecular complexity index is 1190. The lowest BCUT2D eigenvalue weighted by Gasteiger charge is -2.26. The zero-order chi connectivity index (χ0) is 24.6. The first-order valence-corrected chi connectivity index (χ1v) is 12.2. The Balaban J connectivity index is 1.74. The highest BCUT2D eigenvalue weighted by molar-refractivity contribution is 7.89. The van der Waals surface area contributed by atoms with Gasteiger partial charge in [-0.05, 0) is 41.8 Å². The normalized spacial score (nSPS) is 13.2. The van der Waals surface area contributed by atoms with Gasteiger partial charge in [0.2, 0.25) is 10.0 Å². The molecule has 0 spiro atoms. The summed E-state index contributed by atoms with van der Waals surface area (Å²) in [5.41, 5.74) is 8.23. The third kappa shape index (κ3) is 7.09. The van der Waals surface area contributed by atoms with E-state index in [0.29, 0.717) is 13.0 Å². The predicted molar refractivity (Wildman–Crippen MR) is 130 cm³/mol. The van der Waals surface area contributed by atoms with Crippen molar-refractivity contribution in [1.29, 1.82) is 0 Å². The molecular formula is C24H28N4O5S. The second kappa shape index (κ2) is 11.7. The van der Waals surface area contributed by atoms with Crippen LogP contribution in [0.3, 0.4) is 0 Å². The predicted octanol–water partition coefficient (Wildman–Crippen LogP) is 2.61. The van der Waals surface area contributed by atoms with E-state index in [2.05, 4.69) is 10.0 Å². The van der Waals surface area contributed by atoms with Crippen LogP contribution in [0.25, 0.3) is 0 Å². The highest BCUT2D eigenvalue weighted by Gasteiger charge is 2.25. The smallest absolute Gasteiger partial charge is 0.269 e. The van der Waals surface area contributed by atoms with Crippen molar-refractivity contribution in [3.8, 4) is 5.75 Å². The van der Waals surface area contributed by atoms with Gasteiger partial charge in [0, 0.05) is 37.3 Å². The summed E-state index contributed by atoms with van der Waals surface area (Å²) in [4.78, 5) is 10.2. The van der Waals surface area contributed by atoms with Crippen molar-refractivity contribution in [2.24, 2.45) is 5.73 Å². The largest absolute Gasteiger partial charge is 0.497 e. The fourth-order valence-corrected chi connectivity index (χ4v) is 4.76. The monoisotopic (exact) mass is 484 g/mol. The zero-order valence-electron chi connectivity index (χ0n) is 18.8. The van der Waals surface area contributed by atoms with Crippen molar-refractivity contribution in [2.75, 3.05) is 13.7 Å². The number of non-ortho nitro benzene ring substituents is 1. The highest BCUT2D eigenvalue weighted by atomic mass is 32.2. The van der Waals surface area contributed by atoms with E-state index in [4.69, 9.17) is 10.5 Å². The molecule has 2 atom stereocenters. The van der Waals surface area contributed by atoms with Gasteiger partial charge in [-0.2, -0.15) is 0 Å². The van der Waals surface area contributed by atoms with E-state index >= 15 is 0 Å². The summed E-state index contributed by atoms with van der Waals surface area (Å²) in [6.45, 7) is 0.766. The quantitative estimate of drug-likeness (QED) is 0.265. The van der Waals surface area contributed by atoms with Gasteiger partial charge in [-0.1, -0.05) is 42.5 Å². The first kappa shape index (κ1) is 25.3. The van der Waals surface area contributed by atoms with Crippen LogP contribution in [0.4, 0.5) is 5.69 Å². The molecule has 0 aromatic heterocycles. The van der Waals surface area contributed by atoms with Gasteiger partial charge in [0.1, 0.15) is 5.75 Å². The molecule has 0 bridgehead atoms. The lowest BCUT2D eigenvalue weighted by atomic mass is 10.0. The number of hydrogen-bond donors (Lipinski definition) is 3. The maximum Gasteiger partial charge on any atom is 0.269 e. The summed E-state index contributed by atoms with van der Waals surface area (Å²) in [5.74, 6) is 0.732. The van der Waals surface area contributed by atoms with Crippen molar-refractivity contribution < 1.29 is 18.1 Å². The molecule has 3 aromatic rings. The van der Waals surface area contributed by atoms with Gasteiger partial charge in [-0.3, -0.25) is 10.1 Å². The third-order valence-electron chi connectivity index (χ3n) is 5.32. The molecule has 34 heavy (non-hydrogen) atoms. The minimum Gasteiger partial charge on any atom is -0.497 e. The van der Waals surface area contributed by atoms with E-state index in [1.54, 1.807) is 7.11 Å². The van der Waals surface area contributed by atoms with Gasteiger partial charge >= 0.3 is 0 Å². The van der Waals surface area contributed by atoms with E-state index in [1.807, 2.05) is 54.6 Å². The van der Waals surface area contributed by atoms with Gasteiger partial charge in [-0.25, -0.2) is 13.1 Å². The van der Waals surface area contributed by atoms with Crippen LogP contribution in [0.1, 0.15) is 11.1 Å². The topological polar surface area (TPSA) is 137 Å². The van der Waals surface area contributed by atoms with Crippen molar-refractivity contribution in [1.82, 2.24) is 10.0 Å². The number of rotatable bonds is 12. The molecule has 0 aliphatic carbocycles. The van der Waals surface area contributed by atoms with Crippen LogP contribution in [-0.2, 0) is 23.0 Å². The fraction of sp³-hybridized carbons (Fsp3) is 0.250. The standard InChI is InChI=1S/C24H28N4O5S/c1-33-21-9-5-8-19(14-21)16-26-17-24(23(25)15-18-6-3-2-4-7-18)27-34(31,32)22-12-10-20(11-13-22)28(29)30/h2-14,23-24,26-27H,15-17,25H2,1H3/t23-,24-/m0/s1. The first-order valence-electron chi connectivity index (χ1n) is 10.7. The molecule has 3 rings (SSSR count). The van der Waals surface area contributed by atoms with E-state index in [0.717, 1.165) is 29.0 Å². The van der Waals surface area contributed by atoms with Crippen LogP contribution < -0.4 is 20.5 Å². The molecule has 4 N–H and O–H groups in total. The van der Waals surface area contributed by atoms with Crippen molar-refractivity contribution in [3.05, 3.63) is 100 Å². The molecule has 10 heteroatoms. The minimum atomic E-state index is -3.96. The number of methoxy groups -OCH3 is 1. The van der Waals surface area contributed by atoms with Gasteiger partial charge in [-0.15, -0.1) is 0 Å². The van der Waals surface area contributed by atoms with Crippen molar-refractivity contribution >= 4 is 15.7 Å². The first-order chi connectivity index (χ1) is 16.3. The molecule has 0 saturated carbocycles. The van der Waals surface area contributed by atoms with Crippen molar-refractivity contribution in [2.45, 2.75) is 29.9 Å². The molecule has 0 amide bonds. The summed E-state index contributed by atoms with van der Waals surface area (Å²) in [6, 6.07) is 20.7. The molecule has 9 nitrogen and oxygen atoms in total. The minimum absolute atomic E-state index is 0.0668. The molecule has 0 heterocycles. The average Bonchev–Trinajstić information content (AvgIpc) is 2.84. The number of nitrogens with zero attached hydrogens (tertiary/aromatic N) is 1. The summed E-state index contributed by atoms with van der Waals surface area (Å²) >= 11 is 0. The number of nitrogens with two attached hydrogens (primary N) is 1. The van der Waals surface area contributed by atoms with Crippen LogP contribution in [-0.4, -0.2) is 39.1 Å². The molecule has 0 aliphatic rings.